The molecule has 0 spiro atoms. The van der Waals surface area contributed by atoms with Gasteiger partial charge in [0.15, 0.2) is 5.72 Å². The minimum atomic E-state index is -1.63. The lowest BCUT2D eigenvalue weighted by Gasteiger charge is -2.35. The van der Waals surface area contributed by atoms with E-state index in [0.29, 0.717) is 36.2 Å². The summed E-state index contributed by atoms with van der Waals surface area (Å²) in [5.74, 6) is -0.476. The number of hydrogen-bond acceptors (Lipinski definition) is 4. The van der Waals surface area contributed by atoms with Gasteiger partial charge in [-0.15, -0.1) is 0 Å². The predicted octanol–water partition coefficient (Wildman–Crippen LogP) is 5.90. The SMILES string of the molecule is CC(=O)N[C@](O)(CCCC1CCCN(C(=O)OC(C)(C)C)C1)c1ccc(F)c(-c2cccc(C)c2)c1. The zero-order valence-electron chi connectivity index (χ0n) is 22.1. The molecule has 0 saturated carbocycles. The normalized spacial score (nSPS) is 17.9. The van der Waals surface area contributed by atoms with E-state index in [4.69, 9.17) is 4.74 Å². The molecule has 0 radical (unpaired) electrons. The monoisotopic (exact) mass is 498 g/mol. The number of hydrogen-bond donors (Lipinski definition) is 2. The fraction of sp³-hybridized carbons (Fsp3) is 0.517. The highest BCUT2D eigenvalue weighted by atomic mass is 19.1. The van der Waals surface area contributed by atoms with Crippen LogP contribution in [0.2, 0.25) is 0 Å². The van der Waals surface area contributed by atoms with Crippen molar-refractivity contribution in [1.29, 1.82) is 0 Å². The van der Waals surface area contributed by atoms with E-state index in [2.05, 4.69) is 5.32 Å². The molecule has 196 valence electrons. The van der Waals surface area contributed by atoms with Crippen molar-refractivity contribution < 1.29 is 23.8 Å². The molecule has 0 aromatic heterocycles. The second-order valence-corrected chi connectivity index (χ2v) is 10.9. The number of benzene rings is 2. The van der Waals surface area contributed by atoms with Gasteiger partial charge in [0.25, 0.3) is 0 Å². The summed E-state index contributed by atoms with van der Waals surface area (Å²) in [4.78, 5) is 26.2. The van der Waals surface area contributed by atoms with Gasteiger partial charge < -0.3 is 20.1 Å². The minimum Gasteiger partial charge on any atom is -0.444 e. The number of carbonyl (C=O) groups is 2. The van der Waals surface area contributed by atoms with Crippen molar-refractivity contribution in [3.05, 3.63) is 59.4 Å². The summed E-state index contributed by atoms with van der Waals surface area (Å²) in [5, 5.41) is 14.2. The van der Waals surface area contributed by atoms with Crippen LogP contribution in [0.1, 0.15) is 70.9 Å². The number of likely N-dealkylation sites (tertiary alicyclic amines) is 1. The number of nitrogens with zero attached hydrogens (tertiary/aromatic N) is 1. The molecule has 1 saturated heterocycles. The number of amides is 2. The molecule has 2 aromatic rings. The van der Waals surface area contributed by atoms with Crippen LogP contribution in [0.15, 0.2) is 42.5 Å². The number of ether oxygens (including phenoxy) is 1. The molecule has 1 heterocycles. The molecule has 3 rings (SSSR count). The number of piperidine rings is 1. The predicted molar refractivity (Wildman–Crippen MR) is 139 cm³/mol. The molecule has 1 aliphatic rings. The van der Waals surface area contributed by atoms with Crippen LogP contribution in [0.3, 0.4) is 0 Å². The van der Waals surface area contributed by atoms with Gasteiger partial charge in [0, 0.05) is 31.1 Å². The summed E-state index contributed by atoms with van der Waals surface area (Å²) in [6.07, 6.45) is 3.28. The average Bonchev–Trinajstić information content (AvgIpc) is 2.78. The van der Waals surface area contributed by atoms with Gasteiger partial charge in [0.2, 0.25) is 5.91 Å². The summed E-state index contributed by atoms with van der Waals surface area (Å²) < 4.78 is 20.2. The van der Waals surface area contributed by atoms with Crippen LogP contribution < -0.4 is 5.32 Å². The first kappa shape index (κ1) is 27.7. The van der Waals surface area contributed by atoms with Crippen LogP contribution in [-0.2, 0) is 15.3 Å². The first-order chi connectivity index (χ1) is 16.9. The summed E-state index contributed by atoms with van der Waals surface area (Å²) >= 11 is 0. The standard InChI is InChI=1S/C29H39FN2O4/c1-20-9-6-12-23(17-20)25-18-24(13-14-26(25)30)29(35,31-21(2)33)15-7-10-22-11-8-16-32(19-22)27(34)36-28(3,4)5/h6,9,12-14,17-18,22,35H,7-8,10-11,15-16,19H2,1-5H3,(H,31,33)/t22?,29-/m0/s1. The lowest BCUT2D eigenvalue weighted by atomic mass is 9.88. The fourth-order valence-corrected chi connectivity index (χ4v) is 4.83. The maximum absolute atomic E-state index is 14.7. The van der Waals surface area contributed by atoms with E-state index in [9.17, 15) is 19.1 Å². The van der Waals surface area contributed by atoms with E-state index in [1.54, 1.807) is 11.0 Å². The molecular weight excluding hydrogens is 459 g/mol. The van der Waals surface area contributed by atoms with E-state index in [1.165, 1.54) is 19.1 Å². The highest BCUT2D eigenvalue weighted by molar-refractivity contribution is 5.74. The van der Waals surface area contributed by atoms with E-state index in [1.807, 2.05) is 52.0 Å². The number of halogens is 1. The molecule has 36 heavy (non-hydrogen) atoms. The van der Waals surface area contributed by atoms with Crippen LogP contribution in [-0.4, -0.2) is 40.7 Å². The van der Waals surface area contributed by atoms with E-state index in [0.717, 1.165) is 24.8 Å². The zero-order chi connectivity index (χ0) is 26.5. The Morgan fingerprint density at radius 3 is 2.61 bits per heavy atom. The first-order valence-corrected chi connectivity index (χ1v) is 12.7. The highest BCUT2D eigenvalue weighted by Crippen LogP contribution is 2.32. The Hall–Kier alpha value is -2.93. The minimum absolute atomic E-state index is 0.272. The summed E-state index contributed by atoms with van der Waals surface area (Å²) in [6.45, 7) is 10.2. The number of carbonyl (C=O) groups excluding carboxylic acids is 2. The van der Waals surface area contributed by atoms with Crippen molar-refractivity contribution >= 4 is 12.0 Å². The molecule has 2 atom stereocenters. The molecule has 2 N–H and O–H groups in total. The Morgan fingerprint density at radius 2 is 1.94 bits per heavy atom. The molecule has 2 aromatic carbocycles. The number of aryl methyl sites for hydroxylation is 1. The molecular formula is C29H39FN2O4. The smallest absolute Gasteiger partial charge is 0.410 e. The number of aliphatic hydroxyl groups is 1. The zero-order valence-corrected chi connectivity index (χ0v) is 22.1. The van der Waals surface area contributed by atoms with Crippen molar-refractivity contribution in [3.63, 3.8) is 0 Å². The van der Waals surface area contributed by atoms with Crippen molar-refractivity contribution in [3.8, 4) is 11.1 Å². The third-order valence-corrected chi connectivity index (χ3v) is 6.48. The van der Waals surface area contributed by atoms with Crippen molar-refractivity contribution in [1.82, 2.24) is 10.2 Å². The van der Waals surface area contributed by atoms with E-state index < -0.39 is 11.3 Å². The number of rotatable bonds is 7. The third-order valence-electron chi connectivity index (χ3n) is 6.48. The maximum atomic E-state index is 14.7. The van der Waals surface area contributed by atoms with Gasteiger partial charge >= 0.3 is 6.09 Å². The van der Waals surface area contributed by atoms with E-state index in [-0.39, 0.29) is 30.2 Å². The third kappa shape index (κ3) is 7.53. The van der Waals surface area contributed by atoms with Crippen molar-refractivity contribution in [2.45, 2.75) is 78.0 Å². The van der Waals surface area contributed by atoms with Gasteiger partial charge in [-0.1, -0.05) is 35.9 Å². The van der Waals surface area contributed by atoms with Crippen molar-refractivity contribution in [2.75, 3.05) is 13.1 Å². The largest absolute Gasteiger partial charge is 0.444 e. The first-order valence-electron chi connectivity index (χ1n) is 12.7. The Bertz CT molecular complexity index is 1080. The number of nitrogens with one attached hydrogen (secondary N) is 1. The van der Waals surface area contributed by atoms with Gasteiger partial charge in [0.05, 0.1) is 0 Å². The lowest BCUT2D eigenvalue weighted by Crippen LogP contribution is -2.45. The summed E-state index contributed by atoms with van der Waals surface area (Å²) in [7, 11) is 0. The fourth-order valence-electron chi connectivity index (χ4n) is 4.83. The quantitative estimate of drug-likeness (QED) is 0.466. The Balaban J connectivity index is 1.72. The van der Waals surface area contributed by atoms with Gasteiger partial charge in [-0.25, -0.2) is 9.18 Å². The Kier molecular flexibility index (Phi) is 8.77. The van der Waals surface area contributed by atoms with Crippen LogP contribution in [0.4, 0.5) is 9.18 Å². The topological polar surface area (TPSA) is 78.9 Å². The lowest BCUT2D eigenvalue weighted by molar-refractivity contribution is -0.128. The Labute approximate surface area is 213 Å². The van der Waals surface area contributed by atoms with Crippen LogP contribution in [0, 0.1) is 18.7 Å². The van der Waals surface area contributed by atoms with E-state index >= 15 is 0 Å². The average molecular weight is 499 g/mol. The van der Waals surface area contributed by atoms with Crippen LogP contribution >= 0.6 is 0 Å². The molecule has 7 heteroatoms. The molecule has 0 aliphatic carbocycles. The Morgan fingerprint density at radius 1 is 1.19 bits per heavy atom. The summed E-state index contributed by atoms with van der Waals surface area (Å²) in [6, 6.07) is 12.0. The molecule has 1 aliphatic heterocycles. The molecule has 1 unspecified atom stereocenters. The molecule has 6 nitrogen and oxygen atoms in total. The second-order valence-electron chi connectivity index (χ2n) is 10.9. The van der Waals surface area contributed by atoms with Gasteiger partial charge in [-0.3, -0.25) is 4.79 Å². The summed E-state index contributed by atoms with van der Waals surface area (Å²) in [5.41, 5.74) is 0.365. The molecule has 1 fully saturated rings. The van der Waals surface area contributed by atoms with Crippen LogP contribution in [0.5, 0.6) is 0 Å². The van der Waals surface area contributed by atoms with Crippen LogP contribution in [0.25, 0.3) is 11.1 Å². The van der Waals surface area contributed by atoms with Gasteiger partial charge in [-0.2, -0.15) is 0 Å². The highest BCUT2D eigenvalue weighted by Gasteiger charge is 2.32. The molecule has 2 amide bonds. The van der Waals surface area contributed by atoms with Crippen molar-refractivity contribution in [2.24, 2.45) is 5.92 Å². The van der Waals surface area contributed by atoms with Gasteiger partial charge in [-0.05, 0) is 83.4 Å². The molecule has 0 bridgehead atoms. The second kappa shape index (κ2) is 11.4. The van der Waals surface area contributed by atoms with Gasteiger partial charge in [0.1, 0.15) is 11.4 Å². The maximum Gasteiger partial charge on any atom is 0.410 e.